The molecule has 59 heavy (non-hydrogen) atoms. The van der Waals surface area contributed by atoms with Gasteiger partial charge in [0.05, 0.1) is 6.04 Å². The van der Waals surface area contributed by atoms with Crippen molar-refractivity contribution >= 4 is 11.9 Å². The predicted molar refractivity (Wildman–Crippen MR) is 234 cm³/mol. The van der Waals surface area contributed by atoms with Crippen LogP contribution in [0, 0.1) is 5.92 Å². The van der Waals surface area contributed by atoms with Gasteiger partial charge in [-0.2, -0.15) is 0 Å². The van der Waals surface area contributed by atoms with Gasteiger partial charge in [0.15, 0.2) is 11.5 Å². The number of aromatic hydroxyl groups is 1. The van der Waals surface area contributed by atoms with E-state index in [4.69, 9.17) is 9.47 Å². The molecule has 1 saturated carbocycles. The summed E-state index contributed by atoms with van der Waals surface area (Å²) in [6.07, 6.45) is 15.9. The number of benzene rings is 4. The Labute approximate surface area is 351 Å². The van der Waals surface area contributed by atoms with Crippen molar-refractivity contribution in [1.29, 1.82) is 0 Å². The zero-order valence-corrected chi connectivity index (χ0v) is 34.9. The van der Waals surface area contributed by atoms with E-state index in [9.17, 15) is 9.90 Å². The number of likely N-dealkylation sites (tertiary alicyclic amines) is 1. The van der Waals surface area contributed by atoms with E-state index in [1.54, 1.807) is 6.07 Å². The van der Waals surface area contributed by atoms with Crippen molar-refractivity contribution in [3.8, 4) is 17.2 Å². The van der Waals surface area contributed by atoms with Gasteiger partial charge in [-0.05, 0) is 74.1 Å². The minimum Gasteiger partial charge on any atom is -0.508 e. The number of carbonyl (C=O) groups excluding carboxylic acids is 2. The van der Waals surface area contributed by atoms with Crippen LogP contribution in [-0.2, 0) is 27.8 Å². The van der Waals surface area contributed by atoms with E-state index >= 15 is 4.79 Å². The summed E-state index contributed by atoms with van der Waals surface area (Å²) in [7, 11) is 0. The van der Waals surface area contributed by atoms with Crippen LogP contribution in [0.1, 0.15) is 118 Å². The minimum absolute atomic E-state index is 0.0213. The monoisotopic (exact) mass is 794 g/mol. The van der Waals surface area contributed by atoms with Gasteiger partial charge in [-0.1, -0.05) is 136 Å². The van der Waals surface area contributed by atoms with E-state index in [2.05, 4.69) is 107 Å². The zero-order valence-electron chi connectivity index (χ0n) is 34.9. The van der Waals surface area contributed by atoms with Gasteiger partial charge in [-0.15, -0.1) is 6.58 Å². The molecule has 1 amide bonds. The summed E-state index contributed by atoms with van der Waals surface area (Å²) < 4.78 is 13.0. The lowest BCUT2D eigenvalue weighted by atomic mass is 9.50. The summed E-state index contributed by atoms with van der Waals surface area (Å²) in [5.41, 5.74) is 5.28. The first-order chi connectivity index (χ1) is 28.9. The van der Waals surface area contributed by atoms with Crippen LogP contribution in [0.3, 0.4) is 0 Å². The molecule has 0 aromatic heterocycles. The number of amides is 1. The first-order valence-electron chi connectivity index (χ1n) is 22.4. The number of hydrogen-bond acceptors (Lipinski definition) is 6. The molecule has 310 valence electrons. The minimum atomic E-state index is -0.451. The number of hydrogen-bond donors (Lipinski definition) is 1. The molecular formula is C52H62N2O5. The Hall–Kier alpha value is -4.88. The summed E-state index contributed by atoms with van der Waals surface area (Å²) in [4.78, 5) is 32.2. The van der Waals surface area contributed by atoms with Crippen molar-refractivity contribution in [2.75, 3.05) is 19.6 Å². The number of phenolic OH excluding ortho intramolecular Hbond substituents is 1. The molecule has 4 aromatic carbocycles. The van der Waals surface area contributed by atoms with Gasteiger partial charge in [0.2, 0.25) is 5.91 Å². The number of nitrogens with zero attached hydrogens (tertiary/aromatic N) is 2. The Morgan fingerprint density at radius 2 is 1.53 bits per heavy atom. The third-order valence-corrected chi connectivity index (χ3v) is 14.1. The average molecular weight is 795 g/mol. The molecule has 2 bridgehead atoms. The van der Waals surface area contributed by atoms with Crippen LogP contribution in [0.4, 0.5) is 0 Å². The summed E-state index contributed by atoms with van der Waals surface area (Å²) in [6, 6.07) is 33.5. The van der Waals surface area contributed by atoms with Crippen molar-refractivity contribution in [3.63, 3.8) is 0 Å². The second kappa shape index (κ2) is 18.6. The quantitative estimate of drug-likeness (QED) is 0.0441. The van der Waals surface area contributed by atoms with Gasteiger partial charge in [0.25, 0.3) is 0 Å². The van der Waals surface area contributed by atoms with Crippen LogP contribution in [0.15, 0.2) is 110 Å². The standard InChI is InChI=1S/C52H62N2O5/c1-3-32-53-33-31-52-43-29-30-44(51(52)59-50-47(58-37(2)55)35-46(56)41(49(50)52)34-45(43)53)54(36-42(39-24-16-11-17-25-39)40-26-18-12-19-27-40)48(57)28-20-9-7-5-4-6-8-13-21-38-22-14-10-15-23-38/h3,10-12,14-19,22-27,35,42-45,51,56H,1,4-9,13,20-21,28-34,36H2,2H3/t43-,44+,45+,51-,52-/m0/s1. The second-order valence-corrected chi connectivity index (χ2v) is 17.5. The molecule has 8 rings (SSSR count). The highest BCUT2D eigenvalue weighted by atomic mass is 16.6. The molecule has 2 fully saturated rings. The van der Waals surface area contributed by atoms with E-state index in [-0.39, 0.29) is 47.4 Å². The first kappa shape index (κ1) is 40.9. The Bertz CT molecular complexity index is 2010. The smallest absolute Gasteiger partial charge is 0.308 e. The highest BCUT2D eigenvalue weighted by Gasteiger charge is 2.67. The maximum Gasteiger partial charge on any atom is 0.308 e. The highest BCUT2D eigenvalue weighted by molar-refractivity contribution is 5.77. The molecule has 4 aliphatic rings. The molecule has 4 aromatic rings. The Kier molecular flexibility index (Phi) is 12.9. The van der Waals surface area contributed by atoms with Crippen molar-refractivity contribution in [2.24, 2.45) is 5.92 Å². The number of esters is 1. The summed E-state index contributed by atoms with van der Waals surface area (Å²) in [5.74, 6) is 1.00. The van der Waals surface area contributed by atoms with Crippen molar-refractivity contribution < 1.29 is 24.2 Å². The van der Waals surface area contributed by atoms with Crippen molar-refractivity contribution in [3.05, 3.63) is 138 Å². The van der Waals surface area contributed by atoms with E-state index in [0.29, 0.717) is 25.1 Å². The van der Waals surface area contributed by atoms with Gasteiger partial charge in [-0.25, -0.2) is 0 Å². The maximum absolute atomic E-state index is 15.0. The molecule has 1 saturated heterocycles. The molecule has 7 heteroatoms. The fraction of sp³-hybridized carbons (Fsp3) is 0.462. The number of rotatable bonds is 19. The topological polar surface area (TPSA) is 79.3 Å². The van der Waals surface area contributed by atoms with Gasteiger partial charge in [0, 0.05) is 61.0 Å². The molecule has 5 atom stereocenters. The van der Waals surface area contributed by atoms with Gasteiger partial charge < -0.3 is 19.5 Å². The number of aryl methyl sites for hydroxylation is 1. The summed E-state index contributed by atoms with van der Waals surface area (Å²) >= 11 is 0. The van der Waals surface area contributed by atoms with E-state index < -0.39 is 11.4 Å². The van der Waals surface area contributed by atoms with Crippen LogP contribution in [-0.4, -0.2) is 64.6 Å². The number of carbonyl (C=O) groups is 2. The fourth-order valence-corrected chi connectivity index (χ4v) is 11.4. The van der Waals surface area contributed by atoms with E-state index in [1.807, 2.05) is 6.08 Å². The predicted octanol–water partition coefficient (Wildman–Crippen LogP) is 10.3. The third kappa shape index (κ3) is 8.46. The van der Waals surface area contributed by atoms with E-state index in [0.717, 1.165) is 69.2 Å². The Morgan fingerprint density at radius 3 is 2.17 bits per heavy atom. The fourth-order valence-electron chi connectivity index (χ4n) is 11.4. The molecule has 0 radical (unpaired) electrons. The van der Waals surface area contributed by atoms with Crippen LogP contribution in [0.25, 0.3) is 0 Å². The van der Waals surface area contributed by atoms with Crippen molar-refractivity contribution in [2.45, 2.75) is 126 Å². The molecule has 7 nitrogen and oxygen atoms in total. The number of piperidine rings is 1. The first-order valence-corrected chi connectivity index (χ1v) is 22.4. The molecular weight excluding hydrogens is 733 g/mol. The summed E-state index contributed by atoms with van der Waals surface area (Å²) in [6.45, 7) is 7.66. The van der Waals surface area contributed by atoms with Crippen LogP contribution in [0.2, 0.25) is 0 Å². The summed E-state index contributed by atoms with van der Waals surface area (Å²) in [5, 5.41) is 11.6. The lowest BCUT2D eigenvalue weighted by Gasteiger charge is -2.60. The Morgan fingerprint density at radius 1 is 0.898 bits per heavy atom. The molecule has 1 spiro atoms. The molecule has 2 heterocycles. The largest absolute Gasteiger partial charge is 0.508 e. The van der Waals surface area contributed by atoms with Crippen LogP contribution < -0.4 is 9.47 Å². The third-order valence-electron chi connectivity index (χ3n) is 14.1. The number of phenols is 1. The average Bonchev–Trinajstić information content (AvgIpc) is 3.60. The molecule has 2 aliphatic heterocycles. The Balaban J connectivity index is 1.05. The van der Waals surface area contributed by atoms with Gasteiger partial charge in [0.1, 0.15) is 11.9 Å². The lowest BCUT2D eigenvalue weighted by Crippen LogP contribution is -2.69. The second-order valence-electron chi connectivity index (χ2n) is 17.5. The SMILES string of the molecule is C=CCN1CC[C@]23c4c5c(O)cc(OC(C)=O)c4O[C@H]2[C@H](N(CC(c2ccccc2)c2ccccc2)C(=O)CCCCCCCCCCc2ccccc2)CC[C@H]3[C@H]1C5. The molecule has 2 aliphatic carbocycles. The van der Waals surface area contributed by atoms with Gasteiger partial charge >= 0.3 is 5.97 Å². The van der Waals surface area contributed by atoms with E-state index in [1.165, 1.54) is 55.7 Å². The normalized spacial score (nSPS) is 22.7. The highest BCUT2D eigenvalue weighted by Crippen LogP contribution is 2.66. The van der Waals surface area contributed by atoms with Crippen LogP contribution in [0.5, 0.6) is 17.2 Å². The van der Waals surface area contributed by atoms with Crippen molar-refractivity contribution in [1.82, 2.24) is 9.80 Å². The number of unbranched alkanes of at least 4 members (excludes halogenated alkanes) is 7. The number of ether oxygens (including phenoxy) is 2. The van der Waals surface area contributed by atoms with Crippen LogP contribution >= 0.6 is 0 Å². The zero-order chi connectivity index (χ0) is 40.8. The van der Waals surface area contributed by atoms with Gasteiger partial charge in [-0.3, -0.25) is 14.5 Å². The lowest BCUT2D eigenvalue weighted by molar-refractivity contribution is -0.143. The molecule has 0 unspecified atom stereocenters. The molecule has 1 N–H and O–H groups in total. The maximum atomic E-state index is 15.0.